The predicted molar refractivity (Wildman–Crippen MR) is 31.7 cm³/mol. The lowest BCUT2D eigenvalue weighted by atomic mass is 9.94. The summed E-state index contributed by atoms with van der Waals surface area (Å²) in [7, 11) is 0. The Bertz CT molecular complexity index is 66.9. The average molecular weight is 117 g/mol. The Labute approximate surface area is 50.2 Å². The van der Waals surface area contributed by atoms with Gasteiger partial charge in [-0.05, 0) is 12.8 Å². The third kappa shape index (κ3) is 1.80. The van der Waals surface area contributed by atoms with Gasteiger partial charge in [0.05, 0.1) is 5.60 Å². The maximum atomic E-state index is 9.09. The third-order valence-electron chi connectivity index (χ3n) is 1.43. The van der Waals surface area contributed by atoms with E-state index in [1.165, 1.54) is 0 Å². The summed E-state index contributed by atoms with van der Waals surface area (Å²) >= 11 is 0. The molecule has 0 aromatic heterocycles. The number of aliphatic hydroxyl groups excluding tert-OH is 1. The molecule has 0 aliphatic carbocycles. The quantitative estimate of drug-likeness (QED) is 0.564. The van der Waals surface area contributed by atoms with E-state index >= 15 is 0 Å². The van der Waals surface area contributed by atoms with Crippen LogP contribution in [0.4, 0.5) is 0 Å². The molecule has 1 atom stereocenters. The minimum Gasteiger partial charge on any atom is -0.387 e. The van der Waals surface area contributed by atoms with E-state index in [1.807, 2.05) is 13.8 Å². The van der Waals surface area contributed by atoms with Gasteiger partial charge in [0.15, 0.2) is 0 Å². The molecule has 2 heteroatoms. The van der Waals surface area contributed by atoms with Crippen LogP contribution in [0.1, 0.15) is 20.8 Å². The monoisotopic (exact) mass is 117 g/mol. The normalized spacial score (nSPS) is 18.8. The molecule has 2 N–H and O–H groups in total. The van der Waals surface area contributed by atoms with Gasteiger partial charge >= 0.3 is 0 Å². The van der Waals surface area contributed by atoms with E-state index < -0.39 is 5.60 Å². The van der Waals surface area contributed by atoms with E-state index in [1.54, 1.807) is 6.92 Å². The van der Waals surface area contributed by atoms with Gasteiger partial charge in [-0.1, -0.05) is 13.8 Å². The van der Waals surface area contributed by atoms with Gasteiger partial charge < -0.3 is 10.2 Å². The van der Waals surface area contributed by atoms with Crippen LogP contribution in [0, 0.1) is 12.5 Å². The molecule has 0 aliphatic heterocycles. The molecule has 1 radical (unpaired) electrons. The van der Waals surface area contributed by atoms with Crippen LogP contribution in [0.25, 0.3) is 0 Å². The van der Waals surface area contributed by atoms with Crippen molar-refractivity contribution in [1.29, 1.82) is 0 Å². The molecule has 8 heavy (non-hydrogen) atoms. The smallest absolute Gasteiger partial charge is 0.111 e. The number of hydrogen-bond donors (Lipinski definition) is 2. The predicted octanol–water partition coefficient (Wildman–Crippen LogP) is 0.928. The second-order valence-electron chi connectivity index (χ2n) is 2.51. The van der Waals surface area contributed by atoms with Crippen LogP contribution >= 0.6 is 0 Å². The molecule has 0 heterocycles. The zero-order valence-electron chi connectivity index (χ0n) is 5.55. The largest absolute Gasteiger partial charge is 0.387 e. The maximum Gasteiger partial charge on any atom is 0.111 e. The molecule has 0 rings (SSSR count). The van der Waals surface area contributed by atoms with Crippen LogP contribution in [0.3, 0.4) is 0 Å². The van der Waals surface area contributed by atoms with E-state index in [2.05, 4.69) is 0 Å². The third-order valence-corrected chi connectivity index (χ3v) is 1.43. The summed E-state index contributed by atoms with van der Waals surface area (Å²) in [6, 6.07) is 0. The fourth-order valence-corrected chi connectivity index (χ4v) is 0.149. The average Bonchev–Trinajstić information content (AvgIpc) is 1.67. The lowest BCUT2D eigenvalue weighted by molar-refractivity contribution is 0.00429. The standard InChI is InChI=1S/C6H13O2/c1-5(2)6(3,8)4-7/h4-5,7-8H,1-3H3. The van der Waals surface area contributed by atoms with Crippen molar-refractivity contribution in [3.05, 3.63) is 6.61 Å². The summed E-state index contributed by atoms with van der Waals surface area (Å²) in [6.45, 7) is 6.06. The summed E-state index contributed by atoms with van der Waals surface area (Å²) in [5.41, 5.74) is -1.03. The Kier molecular flexibility index (Phi) is 2.44. The lowest BCUT2D eigenvalue weighted by Crippen LogP contribution is -2.31. The van der Waals surface area contributed by atoms with Gasteiger partial charge in [-0.15, -0.1) is 0 Å². The van der Waals surface area contributed by atoms with Gasteiger partial charge in [-0.25, -0.2) is 0 Å². The molecule has 0 bridgehead atoms. The van der Waals surface area contributed by atoms with Crippen molar-refractivity contribution in [1.82, 2.24) is 0 Å². The molecule has 1 unspecified atom stereocenters. The van der Waals surface area contributed by atoms with E-state index in [0.717, 1.165) is 6.61 Å². The maximum absolute atomic E-state index is 9.09. The SMILES string of the molecule is CC(C)C(C)(O)[CH]O. The summed E-state index contributed by atoms with van der Waals surface area (Å²) in [6.07, 6.45) is 0. The topological polar surface area (TPSA) is 40.5 Å². The highest BCUT2D eigenvalue weighted by molar-refractivity contribution is 4.82. The number of aliphatic hydroxyl groups is 2. The van der Waals surface area contributed by atoms with Crippen molar-refractivity contribution in [2.45, 2.75) is 26.4 Å². The molecule has 0 fully saturated rings. The molecule has 0 amide bonds. The first-order chi connectivity index (χ1) is 3.50. The Balaban J connectivity index is 3.71. The zero-order valence-corrected chi connectivity index (χ0v) is 5.55. The summed E-state index contributed by atoms with van der Waals surface area (Å²) in [5.74, 6) is 0.0625. The Morgan fingerprint density at radius 3 is 1.88 bits per heavy atom. The first-order valence-corrected chi connectivity index (χ1v) is 2.71. The lowest BCUT2D eigenvalue weighted by Gasteiger charge is -2.23. The van der Waals surface area contributed by atoms with Crippen molar-refractivity contribution in [2.75, 3.05) is 0 Å². The van der Waals surface area contributed by atoms with Crippen LogP contribution in [0.5, 0.6) is 0 Å². The Morgan fingerprint density at radius 2 is 1.88 bits per heavy atom. The second kappa shape index (κ2) is 2.46. The van der Waals surface area contributed by atoms with Crippen molar-refractivity contribution in [3.8, 4) is 0 Å². The molecular formula is C6H13O2. The molecule has 0 aromatic carbocycles. The molecule has 0 saturated carbocycles. The molecule has 0 aliphatic rings. The van der Waals surface area contributed by atoms with Crippen LogP contribution in [0.2, 0.25) is 0 Å². The van der Waals surface area contributed by atoms with Crippen molar-refractivity contribution >= 4 is 0 Å². The molecule has 0 spiro atoms. The van der Waals surface area contributed by atoms with E-state index in [9.17, 15) is 0 Å². The summed E-state index contributed by atoms with van der Waals surface area (Å²) in [5, 5.41) is 17.5. The highest BCUT2D eigenvalue weighted by Crippen LogP contribution is 2.16. The molecule has 2 nitrogen and oxygen atoms in total. The minimum atomic E-state index is -1.03. The number of hydrogen-bond acceptors (Lipinski definition) is 2. The molecular weight excluding hydrogens is 104 g/mol. The molecule has 49 valence electrons. The van der Waals surface area contributed by atoms with Gasteiger partial charge in [0.2, 0.25) is 0 Å². The van der Waals surface area contributed by atoms with Crippen molar-refractivity contribution in [2.24, 2.45) is 5.92 Å². The van der Waals surface area contributed by atoms with Crippen LogP contribution in [-0.2, 0) is 0 Å². The second-order valence-corrected chi connectivity index (χ2v) is 2.51. The van der Waals surface area contributed by atoms with Crippen molar-refractivity contribution in [3.63, 3.8) is 0 Å². The van der Waals surface area contributed by atoms with Gasteiger partial charge in [0.1, 0.15) is 6.61 Å². The first-order valence-electron chi connectivity index (χ1n) is 2.71. The van der Waals surface area contributed by atoms with Gasteiger partial charge in [-0.2, -0.15) is 0 Å². The minimum absolute atomic E-state index is 0.0625. The molecule has 0 saturated heterocycles. The van der Waals surface area contributed by atoms with Crippen LogP contribution in [0.15, 0.2) is 0 Å². The van der Waals surface area contributed by atoms with Gasteiger partial charge in [-0.3, -0.25) is 0 Å². The van der Waals surface area contributed by atoms with Gasteiger partial charge in [0, 0.05) is 0 Å². The highest BCUT2D eigenvalue weighted by atomic mass is 16.3. The zero-order chi connectivity index (χ0) is 6.78. The highest BCUT2D eigenvalue weighted by Gasteiger charge is 2.23. The number of rotatable bonds is 2. The van der Waals surface area contributed by atoms with Gasteiger partial charge in [0.25, 0.3) is 0 Å². The molecule has 0 aromatic rings. The fourth-order valence-electron chi connectivity index (χ4n) is 0.149. The summed E-state index contributed by atoms with van der Waals surface area (Å²) < 4.78 is 0. The first kappa shape index (κ1) is 7.92. The van der Waals surface area contributed by atoms with E-state index in [0.29, 0.717) is 0 Å². The Morgan fingerprint density at radius 1 is 1.50 bits per heavy atom. The summed E-state index contributed by atoms with van der Waals surface area (Å²) in [4.78, 5) is 0. The van der Waals surface area contributed by atoms with E-state index in [-0.39, 0.29) is 5.92 Å². The van der Waals surface area contributed by atoms with Crippen LogP contribution in [-0.4, -0.2) is 15.8 Å². The van der Waals surface area contributed by atoms with Crippen molar-refractivity contribution < 1.29 is 10.2 Å². The van der Waals surface area contributed by atoms with Crippen LogP contribution < -0.4 is 0 Å². The van der Waals surface area contributed by atoms with E-state index in [4.69, 9.17) is 10.2 Å². The fraction of sp³-hybridized carbons (Fsp3) is 0.833. The Hall–Kier alpha value is -0.0800.